The van der Waals surface area contributed by atoms with E-state index in [2.05, 4.69) is 45.9 Å². The Kier molecular flexibility index (Phi) is 9.50. The van der Waals surface area contributed by atoms with Crippen LogP contribution >= 0.6 is 0 Å². The molecule has 3 nitrogen and oxygen atoms in total. The first-order valence-corrected chi connectivity index (χ1v) is 21.6. The van der Waals surface area contributed by atoms with Crippen molar-refractivity contribution < 1.29 is 9.60 Å². The molecule has 0 N–H and O–H groups in total. The minimum atomic E-state index is -2.73. The fourth-order valence-corrected chi connectivity index (χ4v) is 8.64. The third kappa shape index (κ3) is 9.30. The second-order valence-electron chi connectivity index (χ2n) is 17.7. The average Bonchev–Trinajstić information content (AvgIpc) is 3.36. The molecule has 9 aromatic rings. The number of hydrogen-bond donors (Lipinski definition) is 0. The van der Waals surface area contributed by atoms with Gasteiger partial charge in [-0.3, -0.25) is 15.0 Å². The smallest absolute Gasteiger partial charge is 0.0714 e. The van der Waals surface area contributed by atoms with Gasteiger partial charge in [-0.15, -0.1) is 0 Å². The van der Waals surface area contributed by atoms with E-state index in [1.54, 1.807) is 36.4 Å². The molecule has 0 unspecified atom stereocenters. The number of aryl methyl sites for hydroxylation is 3. The monoisotopic (exact) mass is 824 g/mol. The summed E-state index contributed by atoms with van der Waals surface area (Å²) in [6.45, 7) is 6.05. The van der Waals surface area contributed by atoms with Gasteiger partial charge in [-0.2, -0.15) is 0 Å². The van der Waals surface area contributed by atoms with Crippen molar-refractivity contribution in [2.24, 2.45) is 0 Å². The molecule has 3 heterocycles. The second-order valence-corrected chi connectivity index (χ2v) is 17.7. The van der Waals surface area contributed by atoms with Crippen molar-refractivity contribution in [1.82, 2.24) is 15.0 Å². The summed E-state index contributed by atoms with van der Waals surface area (Å²) in [5, 5.41) is 1.92. The third-order valence-electron chi connectivity index (χ3n) is 12.1. The van der Waals surface area contributed by atoms with Crippen LogP contribution in [0.3, 0.4) is 0 Å². The van der Waals surface area contributed by atoms with Gasteiger partial charge in [0, 0.05) is 44.9 Å². The van der Waals surface area contributed by atoms with E-state index in [4.69, 9.17) is 19.1 Å². The van der Waals surface area contributed by atoms with Gasteiger partial charge in [0.2, 0.25) is 0 Å². The Morgan fingerprint density at radius 3 is 1.57 bits per heavy atom. The summed E-state index contributed by atoms with van der Waals surface area (Å²) in [5.74, 6) is 0. The van der Waals surface area contributed by atoms with Crippen molar-refractivity contribution in [3.05, 3.63) is 233 Å². The molecule has 6 aromatic carbocycles. The molecular weight excluding hydrogens is 763 g/mol. The normalized spacial score (nSPS) is 14.1. The van der Waals surface area contributed by atoms with Gasteiger partial charge in [-0.05, 0) is 122 Å². The number of hydrogen-bond acceptors (Lipinski definition) is 3. The van der Waals surface area contributed by atoms with Gasteiger partial charge < -0.3 is 0 Å². The summed E-state index contributed by atoms with van der Waals surface area (Å²) in [5.41, 5.74) is 8.59. The van der Waals surface area contributed by atoms with Gasteiger partial charge in [0.25, 0.3) is 0 Å². The van der Waals surface area contributed by atoms with Crippen LogP contribution in [0.2, 0.25) is 0 Å². The quantitative estimate of drug-likeness (QED) is 0.116. The van der Waals surface area contributed by atoms with Crippen molar-refractivity contribution in [3.8, 4) is 44.9 Å². The van der Waals surface area contributed by atoms with Crippen molar-refractivity contribution >= 4 is 10.8 Å². The molecule has 0 atom stereocenters. The highest BCUT2D eigenvalue weighted by Gasteiger charge is 2.26. The van der Waals surface area contributed by atoms with Gasteiger partial charge in [-0.25, -0.2) is 0 Å². The number of pyridine rings is 3. The lowest BCUT2D eigenvalue weighted by molar-refractivity contribution is 0.512. The van der Waals surface area contributed by atoms with E-state index in [9.17, 15) is 5.48 Å². The topological polar surface area (TPSA) is 38.7 Å². The summed E-state index contributed by atoms with van der Waals surface area (Å²) in [7, 11) is 0. The second kappa shape index (κ2) is 17.8. The Bertz CT molecular complexity index is 3170. The SMILES string of the molecule is [2H]C([2H])([2H])c1ccccc1-c1cc(-c2cccc3ccccc23)ncc1C([2H])([2H])C([2H])([2H])c1cc(CC(C)(C)c2ccc(-c3ccccc3)nc2)cc(CC(C)(C)c2ccc(-c3ccccc3)nc2)c1. The summed E-state index contributed by atoms with van der Waals surface area (Å²) in [6.07, 6.45) is 0.842. The number of nitrogens with zero attached hydrogens (tertiary/aromatic N) is 3. The van der Waals surface area contributed by atoms with Crippen LogP contribution in [0, 0.1) is 6.85 Å². The van der Waals surface area contributed by atoms with Crippen molar-refractivity contribution in [2.45, 2.75) is 71.0 Å². The molecule has 9 rings (SSSR count). The fraction of sp³-hybridized carbons (Fsp3) is 0.183. The standard InChI is InChI=1S/C60H55N3/c1-42-17-12-14-24-52(42)55-36-58(54-26-16-23-46-18-13-15-25-53(46)54)61-39-49(55)28-27-43-33-44(37-59(2,3)50-29-31-56(62-40-50)47-19-8-6-9-20-47)35-45(34-43)38-60(4,5)51-30-32-57(63-41-51)48-21-10-7-11-22-48/h6-26,29-36,39-41H,27-28,37-38H2,1-5H3/i1D3,27D2,28D2. The summed E-state index contributed by atoms with van der Waals surface area (Å²) >= 11 is 0. The lowest BCUT2D eigenvalue weighted by Crippen LogP contribution is -2.23. The molecule has 310 valence electrons. The van der Waals surface area contributed by atoms with Crippen molar-refractivity contribution in [3.63, 3.8) is 0 Å². The Labute approximate surface area is 383 Å². The highest BCUT2D eigenvalue weighted by atomic mass is 14.7. The molecule has 0 radical (unpaired) electrons. The number of rotatable bonds is 13. The molecule has 63 heavy (non-hydrogen) atoms. The van der Waals surface area contributed by atoms with Crippen LogP contribution in [0.5, 0.6) is 0 Å². The number of benzene rings is 6. The fourth-order valence-electron chi connectivity index (χ4n) is 8.64. The molecule has 0 spiro atoms. The van der Waals surface area contributed by atoms with Crippen LogP contribution in [0.1, 0.15) is 76.2 Å². The summed E-state index contributed by atoms with van der Waals surface area (Å²) in [4.78, 5) is 14.5. The average molecular weight is 825 g/mol. The minimum Gasteiger partial charge on any atom is -0.256 e. The van der Waals surface area contributed by atoms with E-state index in [0.29, 0.717) is 18.5 Å². The van der Waals surface area contributed by atoms with Crippen LogP contribution in [-0.2, 0) is 36.4 Å². The van der Waals surface area contributed by atoms with E-state index in [1.165, 1.54) is 12.3 Å². The van der Waals surface area contributed by atoms with Crippen LogP contribution in [0.4, 0.5) is 0 Å². The molecule has 0 aliphatic rings. The van der Waals surface area contributed by atoms with Crippen molar-refractivity contribution in [1.29, 1.82) is 0 Å². The highest BCUT2D eigenvalue weighted by Crippen LogP contribution is 2.36. The molecule has 3 heteroatoms. The lowest BCUT2D eigenvalue weighted by Gasteiger charge is -2.28. The molecule has 0 saturated carbocycles. The molecule has 0 amide bonds. The van der Waals surface area contributed by atoms with Gasteiger partial charge in [0.1, 0.15) is 0 Å². The molecule has 0 bridgehead atoms. The minimum absolute atomic E-state index is 0.0361. The molecule has 3 aromatic heterocycles. The Hall–Kier alpha value is -6.97. The van der Waals surface area contributed by atoms with E-state index in [1.807, 2.05) is 128 Å². The van der Waals surface area contributed by atoms with Crippen LogP contribution in [-0.4, -0.2) is 15.0 Å². The number of fused-ring (bicyclic) bond motifs is 1. The maximum atomic E-state index is 10.00. The zero-order chi connectivity index (χ0) is 49.5. The lowest BCUT2D eigenvalue weighted by atomic mass is 9.77. The van der Waals surface area contributed by atoms with Gasteiger partial charge in [-0.1, -0.05) is 185 Å². The molecule has 0 aliphatic heterocycles. The molecule has 0 fully saturated rings. The Balaban J connectivity index is 1.15. The predicted molar refractivity (Wildman–Crippen MR) is 264 cm³/mol. The third-order valence-corrected chi connectivity index (χ3v) is 12.1. The van der Waals surface area contributed by atoms with E-state index < -0.39 is 30.4 Å². The first kappa shape index (κ1) is 33.6. The molecule has 0 saturated heterocycles. The van der Waals surface area contributed by atoms with Gasteiger partial charge >= 0.3 is 0 Å². The highest BCUT2D eigenvalue weighted by molar-refractivity contribution is 5.96. The summed E-state index contributed by atoms with van der Waals surface area (Å²) < 4.78 is 65.5. The maximum Gasteiger partial charge on any atom is 0.0714 e. The maximum absolute atomic E-state index is 10.00. The van der Waals surface area contributed by atoms with E-state index in [-0.39, 0.29) is 27.8 Å². The Morgan fingerprint density at radius 1 is 0.444 bits per heavy atom. The molecular formula is C60H55N3. The van der Waals surface area contributed by atoms with Gasteiger partial charge in [0.15, 0.2) is 0 Å². The Morgan fingerprint density at radius 2 is 0.968 bits per heavy atom. The molecule has 0 aliphatic carbocycles. The largest absolute Gasteiger partial charge is 0.256 e. The van der Waals surface area contributed by atoms with E-state index >= 15 is 0 Å². The number of aromatic nitrogens is 3. The van der Waals surface area contributed by atoms with Crippen molar-refractivity contribution in [2.75, 3.05) is 0 Å². The predicted octanol–water partition coefficient (Wildman–Crippen LogP) is 14.8. The summed E-state index contributed by atoms with van der Waals surface area (Å²) in [6, 6.07) is 56.1. The first-order valence-electron chi connectivity index (χ1n) is 25.1. The van der Waals surface area contributed by atoms with Crippen LogP contribution in [0.15, 0.2) is 195 Å². The van der Waals surface area contributed by atoms with Gasteiger partial charge in [0.05, 0.1) is 17.1 Å². The zero-order valence-electron chi connectivity index (χ0n) is 43.2. The van der Waals surface area contributed by atoms with Crippen LogP contribution in [0.25, 0.3) is 55.7 Å². The van der Waals surface area contributed by atoms with E-state index in [0.717, 1.165) is 61.1 Å². The zero-order valence-corrected chi connectivity index (χ0v) is 36.2. The van der Waals surface area contributed by atoms with Crippen LogP contribution < -0.4 is 0 Å². The first-order chi connectivity index (χ1) is 33.3.